The molecule has 92 valence electrons. The summed E-state index contributed by atoms with van der Waals surface area (Å²) >= 11 is 0. The van der Waals surface area contributed by atoms with Crippen LogP contribution in [-0.4, -0.2) is 13.1 Å². The fourth-order valence-electron chi connectivity index (χ4n) is 1.93. The summed E-state index contributed by atoms with van der Waals surface area (Å²) in [6.07, 6.45) is 0. The van der Waals surface area contributed by atoms with Crippen LogP contribution in [0.2, 0.25) is 0 Å². The lowest BCUT2D eigenvalue weighted by Gasteiger charge is -2.11. The number of ether oxygens (including phenoxy) is 1. The number of hydrogen-bond acceptors (Lipinski definition) is 2. The van der Waals surface area contributed by atoms with Crippen LogP contribution in [0.15, 0.2) is 54.6 Å². The van der Waals surface area contributed by atoms with Gasteiger partial charge in [-0.2, -0.15) is 0 Å². The molecule has 0 saturated heterocycles. The molecule has 0 aliphatic rings. The van der Waals surface area contributed by atoms with Crippen LogP contribution < -0.4 is 0 Å². The molecule has 2 aromatic rings. The van der Waals surface area contributed by atoms with Crippen molar-refractivity contribution >= 4 is 5.97 Å². The Bertz CT molecular complexity index is 532. The molecule has 0 fully saturated rings. The second-order valence-electron chi connectivity index (χ2n) is 4.24. The predicted octanol–water partition coefficient (Wildman–Crippen LogP) is 3.63. The second-order valence-corrected chi connectivity index (χ2v) is 4.24. The first-order valence-corrected chi connectivity index (χ1v) is 5.95. The molecule has 18 heavy (non-hydrogen) atoms. The lowest BCUT2D eigenvalue weighted by atomic mass is 9.96. The van der Waals surface area contributed by atoms with Gasteiger partial charge in [0.2, 0.25) is 0 Å². The van der Waals surface area contributed by atoms with Gasteiger partial charge in [0.05, 0.1) is 13.0 Å². The molecule has 0 N–H and O–H groups in total. The largest absolute Gasteiger partial charge is 0.469 e. The Morgan fingerprint density at radius 2 is 1.67 bits per heavy atom. The van der Waals surface area contributed by atoms with Gasteiger partial charge in [-0.15, -0.1) is 0 Å². The Hall–Kier alpha value is -2.09. The minimum absolute atomic E-state index is 0.208. The normalized spacial score (nSPS) is 11.9. The van der Waals surface area contributed by atoms with Crippen LogP contribution in [0.5, 0.6) is 0 Å². The van der Waals surface area contributed by atoms with E-state index in [0.29, 0.717) is 0 Å². The molecule has 0 aliphatic heterocycles. The minimum atomic E-state index is -0.237. The first kappa shape index (κ1) is 12.4. The number of rotatable bonds is 3. The number of methoxy groups -OCH3 is 1. The third-order valence-corrected chi connectivity index (χ3v) is 3.05. The zero-order chi connectivity index (χ0) is 13.0. The standard InChI is InChI=1S/C16H16O2/c1-12(16(17)18-2)14-9-6-10-15(11-14)13-7-4-3-5-8-13/h3-12H,1-2H3/t12-/m1/s1. The first-order valence-electron chi connectivity index (χ1n) is 5.95. The van der Waals surface area contributed by atoms with Crippen LogP contribution in [0.25, 0.3) is 11.1 Å². The molecule has 0 spiro atoms. The minimum Gasteiger partial charge on any atom is -0.469 e. The van der Waals surface area contributed by atoms with Gasteiger partial charge < -0.3 is 4.74 Å². The lowest BCUT2D eigenvalue weighted by molar-refractivity contribution is -0.141. The SMILES string of the molecule is COC(=O)[C@H](C)c1cccc(-c2ccccc2)c1. The number of carbonyl (C=O) groups excluding carboxylic acids is 1. The molecule has 0 aromatic heterocycles. The van der Waals surface area contributed by atoms with Gasteiger partial charge in [-0.05, 0) is 23.6 Å². The molecule has 2 aromatic carbocycles. The molecule has 0 amide bonds. The van der Waals surface area contributed by atoms with Gasteiger partial charge in [0.15, 0.2) is 0 Å². The zero-order valence-electron chi connectivity index (χ0n) is 10.6. The van der Waals surface area contributed by atoms with Gasteiger partial charge in [-0.3, -0.25) is 4.79 Å². The molecular weight excluding hydrogens is 224 g/mol. The Morgan fingerprint density at radius 3 is 2.33 bits per heavy atom. The summed E-state index contributed by atoms with van der Waals surface area (Å²) in [6.45, 7) is 1.86. The number of esters is 1. The van der Waals surface area contributed by atoms with Crippen molar-refractivity contribution in [2.24, 2.45) is 0 Å². The molecule has 0 aliphatic carbocycles. The summed E-state index contributed by atoms with van der Waals surface area (Å²) in [5, 5.41) is 0. The highest BCUT2D eigenvalue weighted by Crippen LogP contribution is 2.24. The number of benzene rings is 2. The van der Waals surface area contributed by atoms with Crippen molar-refractivity contribution in [3.8, 4) is 11.1 Å². The Morgan fingerprint density at radius 1 is 1.00 bits per heavy atom. The van der Waals surface area contributed by atoms with Crippen molar-refractivity contribution in [2.75, 3.05) is 7.11 Å². The van der Waals surface area contributed by atoms with E-state index in [0.717, 1.165) is 16.7 Å². The molecule has 0 saturated carbocycles. The van der Waals surface area contributed by atoms with Gasteiger partial charge in [-0.25, -0.2) is 0 Å². The lowest BCUT2D eigenvalue weighted by Crippen LogP contribution is -2.10. The molecular formula is C16H16O2. The number of hydrogen-bond donors (Lipinski definition) is 0. The summed E-state index contributed by atoms with van der Waals surface area (Å²) in [5.74, 6) is -0.445. The van der Waals surface area contributed by atoms with Crippen LogP contribution in [0.4, 0.5) is 0 Å². The molecule has 0 unspecified atom stereocenters. The predicted molar refractivity (Wildman–Crippen MR) is 72.3 cm³/mol. The average molecular weight is 240 g/mol. The van der Waals surface area contributed by atoms with E-state index >= 15 is 0 Å². The van der Waals surface area contributed by atoms with E-state index in [2.05, 4.69) is 12.1 Å². The summed E-state index contributed by atoms with van der Waals surface area (Å²) in [5.41, 5.74) is 3.24. The van der Waals surface area contributed by atoms with Gasteiger partial charge >= 0.3 is 5.97 Å². The van der Waals surface area contributed by atoms with Crippen molar-refractivity contribution in [3.63, 3.8) is 0 Å². The second kappa shape index (κ2) is 5.50. The van der Waals surface area contributed by atoms with Crippen molar-refractivity contribution < 1.29 is 9.53 Å². The van der Waals surface area contributed by atoms with Crippen molar-refractivity contribution in [2.45, 2.75) is 12.8 Å². The fraction of sp³-hybridized carbons (Fsp3) is 0.188. The maximum absolute atomic E-state index is 11.5. The van der Waals surface area contributed by atoms with Crippen LogP contribution in [0.3, 0.4) is 0 Å². The van der Waals surface area contributed by atoms with E-state index in [-0.39, 0.29) is 11.9 Å². The van der Waals surface area contributed by atoms with Crippen molar-refractivity contribution in [3.05, 3.63) is 60.2 Å². The van der Waals surface area contributed by atoms with Crippen LogP contribution in [0, 0.1) is 0 Å². The molecule has 1 atom stereocenters. The summed E-state index contributed by atoms with van der Waals surface area (Å²) in [4.78, 5) is 11.5. The Kier molecular flexibility index (Phi) is 3.78. The van der Waals surface area contributed by atoms with Crippen molar-refractivity contribution in [1.82, 2.24) is 0 Å². The maximum atomic E-state index is 11.5. The Balaban J connectivity index is 2.34. The first-order chi connectivity index (χ1) is 8.72. The van der Waals surface area contributed by atoms with Gasteiger partial charge in [-0.1, -0.05) is 54.6 Å². The molecule has 0 radical (unpaired) electrons. The third kappa shape index (κ3) is 2.59. The van der Waals surface area contributed by atoms with Gasteiger partial charge in [0.1, 0.15) is 0 Å². The van der Waals surface area contributed by atoms with Gasteiger partial charge in [0, 0.05) is 0 Å². The highest BCUT2D eigenvalue weighted by atomic mass is 16.5. The van der Waals surface area contributed by atoms with E-state index < -0.39 is 0 Å². The molecule has 2 nitrogen and oxygen atoms in total. The van der Waals surface area contributed by atoms with Crippen LogP contribution in [0.1, 0.15) is 18.4 Å². The molecule has 2 rings (SSSR count). The molecule has 2 heteroatoms. The highest BCUT2D eigenvalue weighted by molar-refractivity contribution is 5.78. The zero-order valence-corrected chi connectivity index (χ0v) is 10.6. The van der Waals surface area contributed by atoms with Crippen molar-refractivity contribution in [1.29, 1.82) is 0 Å². The monoisotopic (exact) mass is 240 g/mol. The van der Waals surface area contributed by atoms with E-state index in [4.69, 9.17) is 4.74 Å². The van der Waals surface area contributed by atoms with E-state index in [1.54, 1.807) is 0 Å². The third-order valence-electron chi connectivity index (χ3n) is 3.05. The summed E-state index contributed by atoms with van der Waals surface area (Å²) < 4.78 is 4.77. The average Bonchev–Trinajstić information content (AvgIpc) is 2.46. The maximum Gasteiger partial charge on any atom is 0.312 e. The number of carbonyl (C=O) groups is 1. The van der Waals surface area contributed by atoms with E-state index in [9.17, 15) is 4.79 Å². The van der Waals surface area contributed by atoms with Gasteiger partial charge in [0.25, 0.3) is 0 Å². The molecule has 0 bridgehead atoms. The van der Waals surface area contributed by atoms with E-state index in [1.807, 2.05) is 49.4 Å². The summed E-state index contributed by atoms with van der Waals surface area (Å²) in [7, 11) is 1.42. The highest BCUT2D eigenvalue weighted by Gasteiger charge is 2.15. The fourth-order valence-corrected chi connectivity index (χ4v) is 1.93. The van der Waals surface area contributed by atoms with Crippen LogP contribution in [-0.2, 0) is 9.53 Å². The quantitative estimate of drug-likeness (QED) is 0.766. The summed E-state index contributed by atoms with van der Waals surface area (Å²) in [6, 6.07) is 18.1. The Labute approximate surface area is 107 Å². The van der Waals surface area contributed by atoms with Crippen LogP contribution >= 0.6 is 0 Å². The van der Waals surface area contributed by atoms with E-state index in [1.165, 1.54) is 7.11 Å². The molecule has 0 heterocycles. The smallest absolute Gasteiger partial charge is 0.312 e. The topological polar surface area (TPSA) is 26.3 Å².